The third-order valence-corrected chi connectivity index (χ3v) is 3.69. The number of fused-ring (bicyclic) bond motifs is 1. The first-order chi connectivity index (χ1) is 7.09. The van der Waals surface area contributed by atoms with E-state index in [0.717, 1.165) is 13.0 Å². The molecule has 0 fully saturated rings. The molecule has 2 nitrogen and oxygen atoms in total. The molecule has 0 spiro atoms. The maximum absolute atomic E-state index is 5.89. The van der Waals surface area contributed by atoms with Crippen LogP contribution in [0.25, 0.3) is 0 Å². The van der Waals surface area contributed by atoms with Gasteiger partial charge in [-0.25, -0.2) is 0 Å². The van der Waals surface area contributed by atoms with Gasteiger partial charge in [0, 0.05) is 35.7 Å². The maximum Gasteiger partial charge on any atom is 0.0411 e. The Labute approximate surface area is 99.6 Å². The standard InChI is InChI=1S/C12H17BrN2/c1-8(14)6-9-7-15(2)11-5-3-4-10(13)12(9)11/h3-5,8-9H,6-7,14H2,1-2H3. The summed E-state index contributed by atoms with van der Waals surface area (Å²) >= 11 is 3.64. The van der Waals surface area contributed by atoms with Crippen LogP contribution in [0.3, 0.4) is 0 Å². The highest BCUT2D eigenvalue weighted by atomic mass is 79.9. The Bertz CT molecular complexity index is 361. The Morgan fingerprint density at radius 3 is 3.00 bits per heavy atom. The van der Waals surface area contributed by atoms with Gasteiger partial charge in [-0.05, 0) is 31.0 Å². The van der Waals surface area contributed by atoms with Gasteiger partial charge in [-0.15, -0.1) is 0 Å². The summed E-state index contributed by atoms with van der Waals surface area (Å²) in [4.78, 5) is 2.31. The van der Waals surface area contributed by atoms with Gasteiger partial charge in [0.15, 0.2) is 0 Å². The second kappa shape index (κ2) is 4.14. The van der Waals surface area contributed by atoms with E-state index in [9.17, 15) is 0 Å². The Morgan fingerprint density at radius 2 is 2.33 bits per heavy atom. The second-order valence-electron chi connectivity index (χ2n) is 4.46. The largest absolute Gasteiger partial charge is 0.374 e. The van der Waals surface area contributed by atoms with E-state index in [1.54, 1.807) is 0 Å². The van der Waals surface area contributed by atoms with E-state index in [4.69, 9.17) is 5.73 Å². The lowest BCUT2D eigenvalue weighted by atomic mass is 9.95. The summed E-state index contributed by atoms with van der Waals surface area (Å²) in [5.41, 5.74) is 8.66. The molecule has 0 aliphatic carbocycles. The molecule has 0 aromatic heterocycles. The van der Waals surface area contributed by atoms with Crippen LogP contribution in [0.1, 0.15) is 24.8 Å². The molecule has 0 radical (unpaired) electrons. The molecule has 2 N–H and O–H groups in total. The van der Waals surface area contributed by atoms with Crippen molar-refractivity contribution in [3.63, 3.8) is 0 Å². The van der Waals surface area contributed by atoms with Crippen molar-refractivity contribution < 1.29 is 0 Å². The van der Waals surface area contributed by atoms with Gasteiger partial charge in [-0.1, -0.05) is 22.0 Å². The number of likely N-dealkylation sites (N-methyl/N-ethyl adjacent to an activating group) is 1. The molecule has 3 heteroatoms. The lowest BCUT2D eigenvalue weighted by Crippen LogP contribution is -2.22. The van der Waals surface area contributed by atoms with Crippen molar-refractivity contribution in [2.45, 2.75) is 25.3 Å². The maximum atomic E-state index is 5.89. The average Bonchev–Trinajstić information content (AvgIpc) is 2.44. The predicted octanol–water partition coefficient (Wildman–Crippen LogP) is 2.72. The Morgan fingerprint density at radius 1 is 1.60 bits per heavy atom. The van der Waals surface area contributed by atoms with E-state index >= 15 is 0 Å². The molecule has 0 bridgehead atoms. The van der Waals surface area contributed by atoms with Crippen molar-refractivity contribution in [1.82, 2.24) is 0 Å². The molecule has 1 heterocycles. The van der Waals surface area contributed by atoms with Crippen molar-refractivity contribution >= 4 is 21.6 Å². The summed E-state index contributed by atoms with van der Waals surface area (Å²) < 4.78 is 1.22. The Balaban J connectivity index is 2.35. The Hall–Kier alpha value is -0.540. The lowest BCUT2D eigenvalue weighted by Gasteiger charge is -2.14. The van der Waals surface area contributed by atoms with Crippen molar-refractivity contribution in [3.05, 3.63) is 28.2 Å². The summed E-state index contributed by atoms with van der Waals surface area (Å²) in [6, 6.07) is 6.66. The van der Waals surface area contributed by atoms with Gasteiger partial charge in [-0.2, -0.15) is 0 Å². The molecular formula is C12H17BrN2. The zero-order valence-electron chi connectivity index (χ0n) is 9.20. The zero-order valence-corrected chi connectivity index (χ0v) is 10.8. The lowest BCUT2D eigenvalue weighted by molar-refractivity contribution is 0.571. The fourth-order valence-electron chi connectivity index (χ4n) is 2.42. The number of benzene rings is 1. The van der Waals surface area contributed by atoms with Gasteiger partial charge in [-0.3, -0.25) is 0 Å². The number of rotatable bonds is 2. The highest BCUT2D eigenvalue weighted by Crippen LogP contribution is 2.41. The Kier molecular flexibility index (Phi) is 3.03. The summed E-state index contributed by atoms with van der Waals surface area (Å²) in [6.07, 6.45) is 1.06. The van der Waals surface area contributed by atoms with Crippen molar-refractivity contribution in [1.29, 1.82) is 0 Å². The third-order valence-electron chi connectivity index (χ3n) is 3.00. The first-order valence-electron chi connectivity index (χ1n) is 5.34. The van der Waals surface area contributed by atoms with Crippen molar-refractivity contribution in [2.24, 2.45) is 5.73 Å². The van der Waals surface area contributed by atoms with Crippen LogP contribution in [0.5, 0.6) is 0 Å². The number of hydrogen-bond acceptors (Lipinski definition) is 2. The molecule has 82 valence electrons. The fourth-order valence-corrected chi connectivity index (χ4v) is 3.10. The van der Waals surface area contributed by atoms with E-state index in [1.165, 1.54) is 15.7 Å². The molecule has 1 aliphatic rings. The van der Waals surface area contributed by atoms with Crippen LogP contribution < -0.4 is 10.6 Å². The molecule has 1 aromatic rings. The van der Waals surface area contributed by atoms with Crippen molar-refractivity contribution in [3.8, 4) is 0 Å². The smallest absolute Gasteiger partial charge is 0.0411 e. The highest BCUT2D eigenvalue weighted by molar-refractivity contribution is 9.10. The summed E-state index contributed by atoms with van der Waals surface area (Å²) in [5.74, 6) is 0.570. The van der Waals surface area contributed by atoms with Crippen LogP contribution in [0.15, 0.2) is 22.7 Å². The summed E-state index contributed by atoms with van der Waals surface area (Å²) in [7, 11) is 2.15. The van der Waals surface area contributed by atoms with Crippen LogP contribution >= 0.6 is 15.9 Å². The van der Waals surface area contributed by atoms with Gasteiger partial charge >= 0.3 is 0 Å². The van der Waals surface area contributed by atoms with E-state index in [-0.39, 0.29) is 6.04 Å². The molecule has 0 amide bonds. The van der Waals surface area contributed by atoms with Crippen LogP contribution in [-0.2, 0) is 0 Å². The minimum absolute atomic E-state index is 0.265. The van der Waals surface area contributed by atoms with E-state index in [1.807, 2.05) is 0 Å². The second-order valence-corrected chi connectivity index (χ2v) is 5.32. The first kappa shape index (κ1) is 11.0. The average molecular weight is 269 g/mol. The molecule has 2 atom stereocenters. The quantitative estimate of drug-likeness (QED) is 0.894. The monoisotopic (exact) mass is 268 g/mol. The predicted molar refractivity (Wildman–Crippen MR) is 68.4 cm³/mol. The number of hydrogen-bond donors (Lipinski definition) is 1. The fraction of sp³-hybridized carbons (Fsp3) is 0.500. The zero-order chi connectivity index (χ0) is 11.0. The summed E-state index contributed by atoms with van der Waals surface area (Å²) in [6.45, 7) is 3.16. The molecule has 15 heavy (non-hydrogen) atoms. The summed E-state index contributed by atoms with van der Waals surface area (Å²) in [5, 5.41) is 0. The molecule has 0 saturated heterocycles. The van der Waals surface area contributed by atoms with E-state index in [2.05, 4.69) is 53.0 Å². The number of nitrogens with zero attached hydrogens (tertiary/aromatic N) is 1. The minimum Gasteiger partial charge on any atom is -0.374 e. The van der Waals surface area contributed by atoms with Gasteiger partial charge < -0.3 is 10.6 Å². The van der Waals surface area contributed by atoms with E-state index in [0.29, 0.717) is 5.92 Å². The molecule has 1 aliphatic heterocycles. The van der Waals surface area contributed by atoms with E-state index < -0.39 is 0 Å². The number of nitrogens with two attached hydrogens (primary N) is 1. The van der Waals surface area contributed by atoms with Crippen LogP contribution in [0.2, 0.25) is 0 Å². The van der Waals surface area contributed by atoms with Gasteiger partial charge in [0.05, 0.1) is 0 Å². The van der Waals surface area contributed by atoms with Crippen LogP contribution in [0.4, 0.5) is 5.69 Å². The number of halogens is 1. The first-order valence-corrected chi connectivity index (χ1v) is 6.14. The molecule has 0 saturated carbocycles. The van der Waals surface area contributed by atoms with Crippen molar-refractivity contribution in [2.75, 3.05) is 18.5 Å². The topological polar surface area (TPSA) is 29.3 Å². The van der Waals surface area contributed by atoms with Crippen LogP contribution in [-0.4, -0.2) is 19.6 Å². The van der Waals surface area contributed by atoms with Gasteiger partial charge in [0.25, 0.3) is 0 Å². The van der Waals surface area contributed by atoms with Gasteiger partial charge in [0.2, 0.25) is 0 Å². The number of anilines is 1. The molecule has 2 rings (SSSR count). The highest BCUT2D eigenvalue weighted by Gasteiger charge is 2.28. The third kappa shape index (κ3) is 2.04. The molecule has 2 unspecified atom stereocenters. The molecule has 1 aromatic carbocycles. The SMILES string of the molecule is CC(N)CC1CN(C)c2cccc(Br)c21. The molecular weight excluding hydrogens is 252 g/mol. The van der Waals surface area contributed by atoms with Gasteiger partial charge in [0.1, 0.15) is 0 Å². The normalized spacial score (nSPS) is 21.6. The minimum atomic E-state index is 0.265. The van der Waals surface area contributed by atoms with Crippen LogP contribution in [0, 0.1) is 0 Å².